The maximum Gasteiger partial charge on any atom is 0.257 e. The molecule has 0 spiro atoms. The van der Waals surface area contributed by atoms with Crippen LogP contribution in [0.4, 0.5) is 11.4 Å². The maximum atomic E-state index is 12.3. The molecule has 3 rings (SSSR count). The zero-order valence-electron chi connectivity index (χ0n) is 10.7. The van der Waals surface area contributed by atoms with Crippen LogP contribution in [0.25, 0.3) is 0 Å². The third kappa shape index (κ3) is 2.70. The highest BCUT2D eigenvalue weighted by atomic mass is 35.5. The first-order chi connectivity index (χ1) is 10.0. The molecule has 0 fully saturated rings. The zero-order valence-corrected chi connectivity index (χ0v) is 12.2. The fraction of sp³-hybridized carbons (Fsp3) is 0.0714. The number of nitrogens with two attached hydrogens (primary N) is 1. The van der Waals surface area contributed by atoms with Crippen LogP contribution in [0.3, 0.4) is 0 Å². The molecule has 1 aliphatic heterocycles. The Bertz CT molecular complexity index is 734. The number of halogens is 2. The second-order valence-electron chi connectivity index (χ2n) is 4.37. The summed E-state index contributed by atoms with van der Waals surface area (Å²) in [6, 6.07) is 7.85. The molecule has 2 aromatic rings. The molecule has 0 aliphatic carbocycles. The molecular weight excluding hydrogens is 315 g/mol. The van der Waals surface area contributed by atoms with E-state index in [2.05, 4.69) is 5.32 Å². The highest BCUT2D eigenvalue weighted by molar-refractivity contribution is 6.36. The van der Waals surface area contributed by atoms with E-state index >= 15 is 0 Å². The number of nitrogens with one attached hydrogen (secondary N) is 1. The van der Waals surface area contributed by atoms with Crippen LogP contribution in [0.5, 0.6) is 11.5 Å². The normalized spacial score (nSPS) is 12.3. The van der Waals surface area contributed by atoms with Gasteiger partial charge in [-0.15, -0.1) is 0 Å². The van der Waals surface area contributed by atoms with E-state index in [1.54, 1.807) is 24.3 Å². The number of nitrogen functional groups attached to an aromatic ring is 1. The van der Waals surface area contributed by atoms with E-state index in [1.165, 1.54) is 6.07 Å². The quantitative estimate of drug-likeness (QED) is 0.828. The maximum absolute atomic E-state index is 12.3. The van der Waals surface area contributed by atoms with Crippen LogP contribution in [-0.4, -0.2) is 12.7 Å². The molecule has 3 N–H and O–H groups in total. The van der Waals surface area contributed by atoms with Crippen molar-refractivity contribution < 1.29 is 14.3 Å². The molecule has 0 aromatic heterocycles. The molecule has 5 nitrogen and oxygen atoms in total. The molecule has 2 aromatic carbocycles. The molecule has 108 valence electrons. The van der Waals surface area contributed by atoms with Gasteiger partial charge in [-0.05, 0) is 18.2 Å². The Morgan fingerprint density at radius 3 is 2.62 bits per heavy atom. The smallest absolute Gasteiger partial charge is 0.257 e. The van der Waals surface area contributed by atoms with Gasteiger partial charge in [-0.25, -0.2) is 0 Å². The Hall–Kier alpha value is -2.11. The molecule has 1 aliphatic rings. The predicted octanol–water partition coefficient (Wildman–Crippen LogP) is 3.56. The van der Waals surface area contributed by atoms with Gasteiger partial charge < -0.3 is 20.5 Å². The van der Waals surface area contributed by atoms with E-state index in [0.717, 1.165) is 0 Å². The summed E-state index contributed by atoms with van der Waals surface area (Å²) in [5.41, 5.74) is 6.93. The zero-order chi connectivity index (χ0) is 15.0. The lowest BCUT2D eigenvalue weighted by molar-refractivity contribution is 0.102. The monoisotopic (exact) mass is 324 g/mol. The lowest BCUT2D eigenvalue weighted by Gasteiger charge is -2.10. The van der Waals surface area contributed by atoms with Crippen molar-refractivity contribution in [3.63, 3.8) is 0 Å². The summed E-state index contributed by atoms with van der Waals surface area (Å²) < 4.78 is 10.5. The van der Waals surface area contributed by atoms with Crippen molar-refractivity contribution in [2.75, 3.05) is 17.8 Å². The minimum absolute atomic E-state index is 0.131. The van der Waals surface area contributed by atoms with Crippen molar-refractivity contribution in [1.82, 2.24) is 0 Å². The van der Waals surface area contributed by atoms with E-state index in [9.17, 15) is 4.79 Å². The molecule has 0 atom stereocenters. The van der Waals surface area contributed by atoms with Gasteiger partial charge in [0.05, 0.1) is 22.0 Å². The lowest BCUT2D eigenvalue weighted by atomic mass is 10.2. The summed E-state index contributed by atoms with van der Waals surface area (Å²) in [6.45, 7) is 0.131. The van der Waals surface area contributed by atoms with Crippen molar-refractivity contribution in [3.05, 3.63) is 45.9 Å². The third-order valence-corrected chi connectivity index (χ3v) is 3.53. The summed E-state index contributed by atoms with van der Waals surface area (Å²) in [7, 11) is 0. The van der Waals surface area contributed by atoms with Crippen LogP contribution >= 0.6 is 23.2 Å². The van der Waals surface area contributed by atoms with Crippen LogP contribution in [-0.2, 0) is 0 Å². The first kappa shape index (κ1) is 13.9. The summed E-state index contributed by atoms with van der Waals surface area (Å²) in [5.74, 6) is 0.663. The van der Waals surface area contributed by atoms with Gasteiger partial charge in [0, 0.05) is 17.2 Å². The Balaban J connectivity index is 1.90. The van der Waals surface area contributed by atoms with Crippen molar-refractivity contribution in [2.24, 2.45) is 0 Å². The summed E-state index contributed by atoms with van der Waals surface area (Å²) in [4.78, 5) is 12.3. The highest BCUT2D eigenvalue weighted by Crippen LogP contribution is 2.38. The van der Waals surface area contributed by atoms with Crippen molar-refractivity contribution in [1.29, 1.82) is 0 Å². The Morgan fingerprint density at radius 1 is 1.14 bits per heavy atom. The number of anilines is 2. The van der Waals surface area contributed by atoms with Crippen molar-refractivity contribution >= 4 is 40.5 Å². The number of ether oxygens (including phenoxy) is 2. The number of hydrogen-bond acceptors (Lipinski definition) is 4. The van der Waals surface area contributed by atoms with E-state index in [1.807, 2.05) is 0 Å². The van der Waals surface area contributed by atoms with Crippen LogP contribution in [0.1, 0.15) is 10.4 Å². The van der Waals surface area contributed by atoms with Crippen molar-refractivity contribution in [2.45, 2.75) is 0 Å². The van der Waals surface area contributed by atoms with E-state index in [4.69, 9.17) is 38.4 Å². The van der Waals surface area contributed by atoms with Gasteiger partial charge >= 0.3 is 0 Å². The second kappa shape index (κ2) is 5.35. The Labute approximate surface area is 130 Å². The van der Waals surface area contributed by atoms with Gasteiger partial charge in [-0.2, -0.15) is 0 Å². The number of benzene rings is 2. The summed E-state index contributed by atoms with van der Waals surface area (Å²) >= 11 is 11.9. The molecular formula is C14H10Cl2N2O3. The van der Waals surface area contributed by atoms with Gasteiger partial charge in [-0.1, -0.05) is 23.2 Å². The molecule has 21 heavy (non-hydrogen) atoms. The van der Waals surface area contributed by atoms with E-state index in [0.29, 0.717) is 32.9 Å². The van der Waals surface area contributed by atoms with E-state index in [-0.39, 0.29) is 12.4 Å². The molecule has 0 saturated carbocycles. The third-order valence-electron chi connectivity index (χ3n) is 2.97. The van der Waals surface area contributed by atoms with Gasteiger partial charge in [-0.3, -0.25) is 4.79 Å². The van der Waals surface area contributed by atoms with Crippen LogP contribution in [0, 0.1) is 0 Å². The van der Waals surface area contributed by atoms with Crippen LogP contribution in [0.15, 0.2) is 30.3 Å². The molecule has 0 radical (unpaired) electrons. The fourth-order valence-corrected chi connectivity index (χ4v) is 2.30. The molecule has 7 heteroatoms. The molecule has 0 unspecified atom stereocenters. The number of carbonyl (C=O) groups is 1. The van der Waals surface area contributed by atoms with E-state index < -0.39 is 5.91 Å². The molecule has 1 heterocycles. The number of carbonyl (C=O) groups excluding carboxylic acids is 1. The fourth-order valence-electron chi connectivity index (χ4n) is 1.93. The largest absolute Gasteiger partial charge is 0.454 e. The Kier molecular flexibility index (Phi) is 3.53. The number of fused-ring (bicyclic) bond motifs is 1. The SMILES string of the molecule is Nc1cc2c(cc1NC(=O)c1cc(Cl)ccc1Cl)OCO2. The Morgan fingerprint density at radius 2 is 1.86 bits per heavy atom. The average molecular weight is 325 g/mol. The van der Waals surface area contributed by atoms with Gasteiger partial charge in [0.2, 0.25) is 6.79 Å². The standard InChI is InChI=1S/C14H10Cl2N2O3/c15-7-1-2-9(16)8(3-7)14(19)18-11-5-13-12(4-10(11)17)20-6-21-13/h1-5H,6,17H2,(H,18,19). The number of hydrogen-bond donors (Lipinski definition) is 2. The minimum Gasteiger partial charge on any atom is -0.454 e. The summed E-state index contributed by atoms with van der Waals surface area (Å²) in [6.07, 6.45) is 0. The highest BCUT2D eigenvalue weighted by Gasteiger charge is 2.18. The van der Waals surface area contributed by atoms with Gasteiger partial charge in [0.15, 0.2) is 11.5 Å². The predicted molar refractivity (Wildman–Crippen MR) is 81.4 cm³/mol. The first-order valence-electron chi connectivity index (χ1n) is 6.00. The second-order valence-corrected chi connectivity index (χ2v) is 5.21. The molecule has 0 bridgehead atoms. The summed E-state index contributed by atoms with van der Waals surface area (Å²) in [5, 5.41) is 3.40. The minimum atomic E-state index is -0.409. The van der Waals surface area contributed by atoms with Gasteiger partial charge in [0.1, 0.15) is 0 Å². The lowest BCUT2D eigenvalue weighted by Crippen LogP contribution is -2.13. The average Bonchev–Trinajstić information content (AvgIpc) is 2.88. The van der Waals surface area contributed by atoms with Gasteiger partial charge in [0.25, 0.3) is 5.91 Å². The van der Waals surface area contributed by atoms with Crippen LogP contribution < -0.4 is 20.5 Å². The topological polar surface area (TPSA) is 73.6 Å². The first-order valence-corrected chi connectivity index (χ1v) is 6.76. The number of amides is 1. The number of rotatable bonds is 2. The molecule has 0 saturated heterocycles. The van der Waals surface area contributed by atoms with Crippen molar-refractivity contribution in [3.8, 4) is 11.5 Å². The molecule has 1 amide bonds. The van der Waals surface area contributed by atoms with Crippen LogP contribution in [0.2, 0.25) is 10.0 Å².